The lowest BCUT2D eigenvalue weighted by Crippen LogP contribution is -2.30. The van der Waals surface area contributed by atoms with Crippen molar-refractivity contribution in [1.29, 1.82) is 0 Å². The zero-order chi connectivity index (χ0) is 47.9. The fourth-order valence-electron chi connectivity index (χ4n) is 7.49. The molecule has 1 unspecified atom stereocenters. The third-order valence-corrected chi connectivity index (χ3v) is 11.6. The van der Waals surface area contributed by atoms with Gasteiger partial charge < -0.3 is 14.2 Å². The van der Waals surface area contributed by atoms with E-state index >= 15 is 0 Å². The van der Waals surface area contributed by atoms with Gasteiger partial charge in [-0.1, -0.05) is 234 Å². The van der Waals surface area contributed by atoms with Gasteiger partial charge in [0, 0.05) is 19.3 Å². The van der Waals surface area contributed by atoms with Gasteiger partial charge in [-0.2, -0.15) is 0 Å². The van der Waals surface area contributed by atoms with Crippen LogP contribution in [0.2, 0.25) is 0 Å². The monoisotopic (exact) mass is 919 g/mol. The minimum absolute atomic E-state index is 0.0826. The maximum absolute atomic E-state index is 12.8. The molecular weight excluding hydrogens is 817 g/mol. The number of unbranched alkanes of at least 4 members (excludes halogenated alkanes) is 24. The summed E-state index contributed by atoms with van der Waals surface area (Å²) in [6.45, 7) is 6.45. The zero-order valence-electron chi connectivity index (χ0n) is 43.2. The summed E-state index contributed by atoms with van der Waals surface area (Å²) in [5, 5.41) is 0. The Morgan fingerprint density at radius 1 is 0.318 bits per heavy atom. The average molecular weight is 919 g/mol. The minimum atomic E-state index is -0.783. The first-order chi connectivity index (χ1) is 32.5. The second kappa shape index (κ2) is 54.2. The Hall–Kier alpha value is -3.41. The lowest BCUT2D eigenvalue weighted by Gasteiger charge is -2.18. The van der Waals surface area contributed by atoms with Gasteiger partial charge in [-0.15, -0.1) is 0 Å². The maximum Gasteiger partial charge on any atom is 0.306 e. The molecule has 0 saturated heterocycles. The van der Waals surface area contributed by atoms with Crippen molar-refractivity contribution in [2.75, 3.05) is 13.2 Å². The summed E-state index contributed by atoms with van der Waals surface area (Å²) in [6, 6.07) is 0. The Bertz CT molecular complexity index is 1290. The van der Waals surface area contributed by atoms with Gasteiger partial charge in [0.05, 0.1) is 0 Å². The number of esters is 3. The Labute approximate surface area is 407 Å². The Balaban J connectivity index is 4.26. The van der Waals surface area contributed by atoms with Crippen LogP contribution in [0, 0.1) is 0 Å². The number of hydrogen-bond acceptors (Lipinski definition) is 6. The first-order valence-corrected chi connectivity index (χ1v) is 27.6. The summed E-state index contributed by atoms with van der Waals surface area (Å²) in [7, 11) is 0. The molecule has 0 amide bonds. The molecule has 0 aromatic heterocycles. The third-order valence-electron chi connectivity index (χ3n) is 11.6. The SMILES string of the molecule is CC/C=C\C/C=C\C/C=C\C/C=C\C/C=C\CCCCCCCCCCCC(=O)OCC(COC(=O)CCCCCCCCCCC)OC(=O)CCCCCCC/C=C\C/C=C\CCCC. The van der Waals surface area contributed by atoms with Crippen LogP contribution < -0.4 is 0 Å². The Morgan fingerprint density at radius 3 is 0.970 bits per heavy atom. The van der Waals surface area contributed by atoms with Crippen LogP contribution >= 0.6 is 0 Å². The lowest BCUT2D eigenvalue weighted by atomic mass is 10.1. The number of ether oxygens (including phenoxy) is 3. The van der Waals surface area contributed by atoms with Crippen molar-refractivity contribution in [1.82, 2.24) is 0 Å². The van der Waals surface area contributed by atoms with E-state index in [0.717, 1.165) is 122 Å². The van der Waals surface area contributed by atoms with Crippen molar-refractivity contribution >= 4 is 17.9 Å². The number of carbonyl (C=O) groups is 3. The normalized spacial score (nSPS) is 12.7. The predicted octanol–water partition coefficient (Wildman–Crippen LogP) is 18.4. The van der Waals surface area contributed by atoms with E-state index in [4.69, 9.17) is 14.2 Å². The molecule has 0 fully saturated rings. The summed E-state index contributed by atoms with van der Waals surface area (Å²) in [4.78, 5) is 38.0. The number of hydrogen-bond donors (Lipinski definition) is 0. The second-order valence-corrected chi connectivity index (χ2v) is 18.1. The molecule has 0 saturated carbocycles. The van der Waals surface area contributed by atoms with Crippen LogP contribution in [0.1, 0.15) is 258 Å². The van der Waals surface area contributed by atoms with E-state index in [0.29, 0.717) is 19.3 Å². The quantitative estimate of drug-likeness (QED) is 0.0262. The minimum Gasteiger partial charge on any atom is -0.462 e. The zero-order valence-corrected chi connectivity index (χ0v) is 43.2. The van der Waals surface area contributed by atoms with E-state index in [9.17, 15) is 14.4 Å². The fraction of sp³-hybridized carbons (Fsp3) is 0.717. The molecule has 0 radical (unpaired) electrons. The summed E-state index contributed by atoms with van der Waals surface area (Å²) in [5.41, 5.74) is 0. The second-order valence-electron chi connectivity index (χ2n) is 18.1. The third kappa shape index (κ3) is 51.6. The molecule has 0 aromatic carbocycles. The van der Waals surface area contributed by atoms with Gasteiger partial charge in [0.25, 0.3) is 0 Å². The Kier molecular flexibility index (Phi) is 51.4. The molecule has 0 bridgehead atoms. The highest BCUT2D eigenvalue weighted by Crippen LogP contribution is 2.15. The highest BCUT2D eigenvalue weighted by atomic mass is 16.6. The smallest absolute Gasteiger partial charge is 0.306 e. The van der Waals surface area contributed by atoms with Crippen LogP contribution in [0.15, 0.2) is 85.1 Å². The number of allylic oxidation sites excluding steroid dienone is 14. The van der Waals surface area contributed by atoms with Crippen LogP contribution in [0.3, 0.4) is 0 Å². The van der Waals surface area contributed by atoms with Crippen LogP contribution in [-0.2, 0) is 28.6 Å². The van der Waals surface area contributed by atoms with Crippen molar-refractivity contribution in [2.24, 2.45) is 0 Å². The molecule has 6 heteroatoms. The first kappa shape index (κ1) is 62.6. The van der Waals surface area contributed by atoms with Gasteiger partial charge in [-0.25, -0.2) is 0 Å². The summed E-state index contributed by atoms with van der Waals surface area (Å²) in [5.74, 6) is -0.904. The average Bonchev–Trinajstić information content (AvgIpc) is 3.31. The van der Waals surface area contributed by atoms with Gasteiger partial charge in [-0.05, 0) is 89.9 Å². The topological polar surface area (TPSA) is 78.9 Å². The molecule has 1 atom stereocenters. The molecule has 6 nitrogen and oxygen atoms in total. The standard InChI is InChI=1S/C60H102O6/c1-4-7-10-13-16-19-21-23-25-26-27-28-29-30-31-32-33-34-35-37-38-41-44-47-50-53-59(62)65-56-57(55-64-58(61)52-49-46-43-40-18-15-12-9-6-3)66-60(63)54-51-48-45-42-39-36-24-22-20-17-14-11-8-5-2/h7,10,14,16-17,19,22-25,27-28,30-31,57H,4-6,8-9,11-13,15,18,20-21,26,29,32-56H2,1-3H3/b10-7-,17-14-,19-16-,24-22-,25-23-,28-27-,31-30-. The molecule has 0 aliphatic rings. The van der Waals surface area contributed by atoms with Gasteiger partial charge in [0.15, 0.2) is 6.10 Å². The highest BCUT2D eigenvalue weighted by molar-refractivity contribution is 5.71. The largest absolute Gasteiger partial charge is 0.462 e. The summed E-state index contributed by atoms with van der Waals surface area (Å²) in [6.07, 6.45) is 70.0. The molecule has 0 aliphatic carbocycles. The van der Waals surface area contributed by atoms with Gasteiger partial charge >= 0.3 is 17.9 Å². The fourth-order valence-corrected chi connectivity index (χ4v) is 7.49. The summed E-state index contributed by atoms with van der Waals surface area (Å²) < 4.78 is 16.8. The van der Waals surface area contributed by atoms with Crippen molar-refractivity contribution in [3.05, 3.63) is 85.1 Å². The lowest BCUT2D eigenvalue weighted by molar-refractivity contribution is -0.167. The molecule has 0 N–H and O–H groups in total. The summed E-state index contributed by atoms with van der Waals surface area (Å²) >= 11 is 0. The van der Waals surface area contributed by atoms with Crippen molar-refractivity contribution in [3.8, 4) is 0 Å². The van der Waals surface area contributed by atoms with E-state index in [1.165, 1.54) is 96.3 Å². The van der Waals surface area contributed by atoms with E-state index in [1.54, 1.807) is 0 Å². The predicted molar refractivity (Wildman–Crippen MR) is 284 cm³/mol. The maximum atomic E-state index is 12.8. The highest BCUT2D eigenvalue weighted by Gasteiger charge is 2.19. The molecule has 0 spiro atoms. The first-order valence-electron chi connectivity index (χ1n) is 27.6. The van der Waals surface area contributed by atoms with Gasteiger partial charge in [-0.3, -0.25) is 14.4 Å². The van der Waals surface area contributed by atoms with Crippen molar-refractivity contribution in [3.63, 3.8) is 0 Å². The Morgan fingerprint density at radius 2 is 0.606 bits per heavy atom. The van der Waals surface area contributed by atoms with E-state index in [-0.39, 0.29) is 31.1 Å². The molecule has 66 heavy (non-hydrogen) atoms. The number of carbonyl (C=O) groups excluding carboxylic acids is 3. The van der Waals surface area contributed by atoms with Crippen LogP contribution in [0.4, 0.5) is 0 Å². The van der Waals surface area contributed by atoms with E-state index in [2.05, 4.69) is 106 Å². The molecule has 0 heterocycles. The van der Waals surface area contributed by atoms with Crippen LogP contribution in [-0.4, -0.2) is 37.2 Å². The molecular formula is C60H102O6. The van der Waals surface area contributed by atoms with Crippen LogP contribution in [0.25, 0.3) is 0 Å². The molecule has 378 valence electrons. The van der Waals surface area contributed by atoms with Gasteiger partial charge in [0.1, 0.15) is 13.2 Å². The number of rotatable bonds is 49. The van der Waals surface area contributed by atoms with E-state index < -0.39 is 6.10 Å². The molecule has 0 aliphatic heterocycles. The van der Waals surface area contributed by atoms with Crippen molar-refractivity contribution < 1.29 is 28.6 Å². The van der Waals surface area contributed by atoms with E-state index in [1.807, 2.05) is 0 Å². The molecule has 0 rings (SSSR count). The van der Waals surface area contributed by atoms with Gasteiger partial charge in [0.2, 0.25) is 0 Å². The molecule has 0 aromatic rings. The van der Waals surface area contributed by atoms with Crippen LogP contribution in [0.5, 0.6) is 0 Å². The van der Waals surface area contributed by atoms with Crippen molar-refractivity contribution in [2.45, 2.75) is 264 Å².